The number of ketones is 1. The Morgan fingerprint density at radius 2 is 2.25 bits per heavy atom. The van der Waals surface area contributed by atoms with Gasteiger partial charge in [-0.3, -0.25) is 9.78 Å². The first kappa shape index (κ1) is 8.41. The molecule has 60 valence electrons. The van der Waals surface area contributed by atoms with Gasteiger partial charge < -0.3 is 0 Å². The second kappa shape index (κ2) is 3.14. The van der Waals surface area contributed by atoms with Crippen molar-refractivity contribution in [3.8, 4) is 0 Å². The number of aromatic nitrogens is 1. The summed E-state index contributed by atoms with van der Waals surface area (Å²) in [6, 6.07) is 0. The Bertz CT molecular complexity index is 363. The molecule has 0 N–H and O–H groups in total. The van der Waals surface area contributed by atoms with E-state index >= 15 is 0 Å². The van der Waals surface area contributed by atoms with Crippen LogP contribution >= 0.6 is 0 Å². The third-order valence-electron chi connectivity index (χ3n) is 1.69. The molecule has 0 aliphatic carbocycles. The van der Waals surface area contributed by atoms with Crippen molar-refractivity contribution >= 4 is 11.5 Å². The lowest BCUT2D eigenvalue weighted by Crippen LogP contribution is -1.96. The summed E-state index contributed by atoms with van der Waals surface area (Å²) < 4.78 is 0. The highest BCUT2D eigenvalue weighted by atomic mass is 16.1. The number of pyridine rings is 1. The first-order chi connectivity index (χ1) is 5.66. The van der Waals surface area contributed by atoms with E-state index in [0.717, 1.165) is 0 Å². The summed E-state index contributed by atoms with van der Waals surface area (Å²) in [5, 5.41) is 0. The zero-order valence-electron chi connectivity index (χ0n) is 6.96. The highest BCUT2D eigenvalue weighted by Gasteiger charge is 2.07. The van der Waals surface area contributed by atoms with E-state index in [0.29, 0.717) is 16.8 Å². The minimum atomic E-state index is -0.0505. The molecule has 0 saturated carbocycles. The van der Waals surface area contributed by atoms with Crippen LogP contribution in [0.2, 0.25) is 0 Å². The van der Waals surface area contributed by atoms with E-state index in [1.165, 1.54) is 19.3 Å². The van der Waals surface area contributed by atoms with Crippen LogP contribution in [0, 0.1) is 13.5 Å². The Balaban J connectivity index is 3.35. The van der Waals surface area contributed by atoms with Crippen molar-refractivity contribution in [3.05, 3.63) is 34.9 Å². The summed E-state index contributed by atoms with van der Waals surface area (Å²) in [4.78, 5) is 18.0. The molecule has 0 bridgehead atoms. The molecule has 0 fully saturated rings. The molecule has 0 aromatic carbocycles. The maximum Gasteiger partial charge on any atom is 0.208 e. The molecule has 1 heterocycles. The van der Waals surface area contributed by atoms with Gasteiger partial charge in [0.25, 0.3) is 0 Å². The topological polar surface area (TPSA) is 34.3 Å². The molecule has 3 nitrogen and oxygen atoms in total. The quantitative estimate of drug-likeness (QED) is 0.466. The van der Waals surface area contributed by atoms with Crippen molar-refractivity contribution in [3.63, 3.8) is 0 Å². The smallest absolute Gasteiger partial charge is 0.208 e. The molecule has 0 radical (unpaired) electrons. The van der Waals surface area contributed by atoms with E-state index in [1.807, 2.05) is 0 Å². The van der Waals surface area contributed by atoms with Crippen LogP contribution in [0.25, 0.3) is 4.85 Å². The molecule has 1 rings (SSSR count). The summed E-state index contributed by atoms with van der Waals surface area (Å²) in [6.45, 7) is 10.0. The van der Waals surface area contributed by atoms with E-state index in [1.54, 1.807) is 6.92 Å². The molecule has 3 heteroatoms. The second-order valence-electron chi connectivity index (χ2n) is 2.50. The number of rotatable bonds is 1. The third kappa shape index (κ3) is 1.32. The molecule has 0 atom stereocenters. The number of hydrogen-bond donors (Lipinski definition) is 0. The van der Waals surface area contributed by atoms with Crippen molar-refractivity contribution < 1.29 is 4.79 Å². The Kier molecular flexibility index (Phi) is 2.20. The molecule has 0 aliphatic heterocycles. The average Bonchev–Trinajstić information content (AvgIpc) is 2.04. The van der Waals surface area contributed by atoms with Crippen LogP contribution in [0.4, 0.5) is 5.69 Å². The lowest BCUT2D eigenvalue weighted by atomic mass is 10.1. The molecule has 0 unspecified atom stereocenters. The normalized spacial score (nSPS) is 9.08. The van der Waals surface area contributed by atoms with Gasteiger partial charge in [-0.05, 0) is 19.4 Å². The third-order valence-corrected chi connectivity index (χ3v) is 1.69. The first-order valence-electron chi connectivity index (χ1n) is 3.50. The Hall–Kier alpha value is -1.69. The lowest BCUT2D eigenvalue weighted by molar-refractivity contribution is 0.101. The van der Waals surface area contributed by atoms with E-state index < -0.39 is 0 Å². The fourth-order valence-electron chi connectivity index (χ4n) is 0.982. The van der Waals surface area contributed by atoms with Crippen LogP contribution in [0.15, 0.2) is 12.4 Å². The Labute approximate surface area is 70.9 Å². The van der Waals surface area contributed by atoms with Crippen molar-refractivity contribution in [2.75, 3.05) is 0 Å². The zero-order chi connectivity index (χ0) is 9.14. The van der Waals surface area contributed by atoms with E-state index in [2.05, 4.69) is 9.83 Å². The SMILES string of the molecule is [C-]#[N+]c1cncc(C(C)=O)c1C. The largest absolute Gasteiger partial charge is 0.294 e. The molecular formula is C9H8N2O. The van der Waals surface area contributed by atoms with Crippen molar-refractivity contribution in [1.29, 1.82) is 0 Å². The van der Waals surface area contributed by atoms with Gasteiger partial charge in [0.1, 0.15) is 0 Å². The average molecular weight is 160 g/mol. The highest BCUT2D eigenvalue weighted by molar-refractivity contribution is 5.96. The first-order valence-corrected chi connectivity index (χ1v) is 3.50. The zero-order valence-corrected chi connectivity index (χ0v) is 6.96. The van der Waals surface area contributed by atoms with Gasteiger partial charge in [0.15, 0.2) is 5.78 Å². The van der Waals surface area contributed by atoms with Crippen LogP contribution in [-0.2, 0) is 0 Å². The summed E-state index contributed by atoms with van der Waals surface area (Å²) in [7, 11) is 0. The number of nitrogens with zero attached hydrogens (tertiary/aromatic N) is 2. The maximum atomic E-state index is 11.0. The van der Waals surface area contributed by atoms with E-state index in [4.69, 9.17) is 6.57 Å². The fourth-order valence-corrected chi connectivity index (χ4v) is 0.982. The molecule has 0 amide bonds. The van der Waals surface area contributed by atoms with Gasteiger partial charge in [0.05, 0.1) is 6.57 Å². The van der Waals surface area contributed by atoms with Crippen molar-refractivity contribution in [2.45, 2.75) is 13.8 Å². The molecule has 12 heavy (non-hydrogen) atoms. The van der Waals surface area contributed by atoms with Crippen LogP contribution in [-0.4, -0.2) is 10.8 Å². The van der Waals surface area contributed by atoms with Crippen LogP contribution in [0.5, 0.6) is 0 Å². The van der Waals surface area contributed by atoms with Gasteiger partial charge in [-0.1, -0.05) is 0 Å². The van der Waals surface area contributed by atoms with Crippen LogP contribution in [0.1, 0.15) is 22.8 Å². The van der Waals surface area contributed by atoms with Gasteiger partial charge in [-0.15, -0.1) is 0 Å². The predicted molar refractivity (Wildman–Crippen MR) is 45.2 cm³/mol. The minimum Gasteiger partial charge on any atom is -0.294 e. The van der Waals surface area contributed by atoms with Crippen molar-refractivity contribution in [2.24, 2.45) is 0 Å². The minimum absolute atomic E-state index is 0.0505. The van der Waals surface area contributed by atoms with Gasteiger partial charge in [-0.25, -0.2) is 4.85 Å². The predicted octanol–water partition coefficient (Wildman–Crippen LogP) is 2.14. The summed E-state index contributed by atoms with van der Waals surface area (Å²) in [5.41, 5.74) is 1.69. The van der Waals surface area contributed by atoms with Gasteiger partial charge in [0.2, 0.25) is 5.69 Å². The Morgan fingerprint density at radius 1 is 1.58 bits per heavy atom. The van der Waals surface area contributed by atoms with Crippen LogP contribution in [0.3, 0.4) is 0 Å². The molecule has 0 saturated heterocycles. The molecular weight excluding hydrogens is 152 g/mol. The number of Topliss-reactive ketones (excluding diaryl/α,β-unsaturated/α-hetero) is 1. The van der Waals surface area contributed by atoms with Crippen molar-refractivity contribution in [1.82, 2.24) is 4.98 Å². The van der Waals surface area contributed by atoms with Gasteiger partial charge >= 0.3 is 0 Å². The summed E-state index contributed by atoms with van der Waals surface area (Å²) >= 11 is 0. The molecule has 1 aromatic rings. The number of carbonyl (C=O) groups is 1. The number of hydrogen-bond acceptors (Lipinski definition) is 2. The van der Waals surface area contributed by atoms with Crippen LogP contribution < -0.4 is 0 Å². The Morgan fingerprint density at radius 3 is 2.75 bits per heavy atom. The molecule has 0 aliphatic rings. The maximum absolute atomic E-state index is 11.0. The monoisotopic (exact) mass is 160 g/mol. The standard InChI is InChI=1S/C9H8N2O/c1-6-8(7(2)12)4-11-5-9(6)10-3/h4-5H,1-2H3. The molecule has 1 aromatic heterocycles. The second-order valence-corrected chi connectivity index (χ2v) is 2.50. The number of carbonyl (C=O) groups excluding carboxylic acids is 1. The molecule has 0 spiro atoms. The summed E-state index contributed by atoms with van der Waals surface area (Å²) in [6.07, 6.45) is 2.96. The highest BCUT2D eigenvalue weighted by Crippen LogP contribution is 2.20. The van der Waals surface area contributed by atoms with E-state index in [9.17, 15) is 4.79 Å². The van der Waals surface area contributed by atoms with Gasteiger partial charge in [-0.2, -0.15) is 0 Å². The fraction of sp³-hybridized carbons (Fsp3) is 0.222. The van der Waals surface area contributed by atoms with Gasteiger partial charge in [0, 0.05) is 18.0 Å². The van der Waals surface area contributed by atoms with E-state index in [-0.39, 0.29) is 5.78 Å². The lowest BCUT2D eigenvalue weighted by Gasteiger charge is -2.01. The summed E-state index contributed by atoms with van der Waals surface area (Å²) in [5.74, 6) is -0.0505.